The summed E-state index contributed by atoms with van der Waals surface area (Å²) in [6, 6.07) is 3.63. The summed E-state index contributed by atoms with van der Waals surface area (Å²) in [7, 11) is 0. The summed E-state index contributed by atoms with van der Waals surface area (Å²) in [5, 5.41) is 0. The molecule has 1 spiro atoms. The highest BCUT2D eigenvalue weighted by atomic mass is 16.2. The zero-order chi connectivity index (χ0) is 16.3. The molecule has 4 nitrogen and oxygen atoms in total. The van der Waals surface area contributed by atoms with Crippen LogP contribution in [0.4, 0.5) is 0 Å². The van der Waals surface area contributed by atoms with E-state index in [0.29, 0.717) is 5.41 Å². The highest BCUT2D eigenvalue weighted by Gasteiger charge is 2.39. The highest BCUT2D eigenvalue weighted by Crippen LogP contribution is 2.40. The van der Waals surface area contributed by atoms with Crippen LogP contribution in [-0.4, -0.2) is 53.4 Å². The molecule has 0 aliphatic carbocycles. The molecule has 2 aliphatic rings. The lowest BCUT2D eigenvalue weighted by Gasteiger charge is -2.48. The Bertz CT molecular complexity index is 521. The van der Waals surface area contributed by atoms with Gasteiger partial charge >= 0.3 is 0 Å². The zero-order valence-electron chi connectivity index (χ0n) is 14.5. The molecule has 0 N–H and O–H groups in total. The fraction of sp³-hybridized carbons (Fsp3) is 0.684. The van der Waals surface area contributed by atoms with E-state index in [1.54, 1.807) is 12.4 Å². The standard InChI is InChI=1S/C19H29N3O/c1-16(2)14-21-11-3-6-19(15-21)7-12-22(13-8-19)18(23)17-4-9-20-10-5-17/h4-5,9-10,16H,3,6-8,11-15H2,1-2H3. The van der Waals surface area contributed by atoms with E-state index in [0.717, 1.165) is 37.4 Å². The van der Waals surface area contributed by atoms with Crippen LogP contribution in [0.1, 0.15) is 49.9 Å². The van der Waals surface area contributed by atoms with E-state index in [1.807, 2.05) is 17.0 Å². The van der Waals surface area contributed by atoms with E-state index in [1.165, 1.54) is 32.5 Å². The summed E-state index contributed by atoms with van der Waals surface area (Å²) in [6.07, 6.45) is 8.34. The second kappa shape index (κ2) is 7.00. The Hall–Kier alpha value is -1.42. The van der Waals surface area contributed by atoms with Gasteiger partial charge in [-0.25, -0.2) is 0 Å². The third kappa shape index (κ3) is 3.92. The van der Waals surface area contributed by atoms with Crippen molar-refractivity contribution in [3.63, 3.8) is 0 Å². The van der Waals surface area contributed by atoms with E-state index < -0.39 is 0 Å². The van der Waals surface area contributed by atoms with Crippen molar-refractivity contribution in [1.29, 1.82) is 0 Å². The van der Waals surface area contributed by atoms with Crippen molar-refractivity contribution in [1.82, 2.24) is 14.8 Å². The maximum atomic E-state index is 12.6. The third-order valence-electron chi connectivity index (χ3n) is 5.40. The summed E-state index contributed by atoms with van der Waals surface area (Å²) >= 11 is 0. The van der Waals surface area contributed by atoms with E-state index in [2.05, 4.69) is 23.7 Å². The number of carbonyl (C=O) groups is 1. The average molecular weight is 315 g/mol. The lowest BCUT2D eigenvalue weighted by molar-refractivity contribution is 0.0190. The molecule has 2 fully saturated rings. The molecule has 23 heavy (non-hydrogen) atoms. The predicted molar refractivity (Wildman–Crippen MR) is 92.3 cm³/mol. The van der Waals surface area contributed by atoms with Crippen LogP contribution >= 0.6 is 0 Å². The van der Waals surface area contributed by atoms with Crippen molar-refractivity contribution in [2.75, 3.05) is 32.7 Å². The van der Waals surface area contributed by atoms with Crippen LogP contribution in [0.3, 0.4) is 0 Å². The zero-order valence-corrected chi connectivity index (χ0v) is 14.5. The number of aromatic nitrogens is 1. The van der Waals surface area contributed by atoms with E-state index >= 15 is 0 Å². The highest BCUT2D eigenvalue weighted by molar-refractivity contribution is 5.94. The maximum absolute atomic E-state index is 12.6. The second-order valence-corrected chi connectivity index (χ2v) is 7.76. The van der Waals surface area contributed by atoms with Crippen LogP contribution in [0.2, 0.25) is 0 Å². The topological polar surface area (TPSA) is 36.4 Å². The lowest BCUT2D eigenvalue weighted by Crippen LogP contribution is -2.51. The molecule has 3 heterocycles. The van der Waals surface area contributed by atoms with Crippen LogP contribution in [0.5, 0.6) is 0 Å². The minimum atomic E-state index is 0.164. The molecule has 0 radical (unpaired) electrons. The van der Waals surface area contributed by atoms with Gasteiger partial charge in [-0.15, -0.1) is 0 Å². The molecule has 0 unspecified atom stereocenters. The SMILES string of the molecule is CC(C)CN1CCCC2(CCN(C(=O)c3ccncc3)CC2)C1. The van der Waals surface area contributed by atoms with Crippen molar-refractivity contribution in [2.24, 2.45) is 11.3 Å². The number of piperidine rings is 2. The number of hydrogen-bond acceptors (Lipinski definition) is 3. The van der Waals surface area contributed by atoms with Crippen molar-refractivity contribution in [2.45, 2.75) is 39.5 Å². The number of pyridine rings is 1. The molecule has 0 saturated carbocycles. The van der Waals surface area contributed by atoms with E-state index in [9.17, 15) is 4.79 Å². The van der Waals surface area contributed by atoms with Crippen LogP contribution in [0.25, 0.3) is 0 Å². The molecule has 0 aromatic carbocycles. The molecule has 4 heteroatoms. The van der Waals surface area contributed by atoms with Crippen molar-refractivity contribution in [3.8, 4) is 0 Å². The van der Waals surface area contributed by atoms with Gasteiger partial charge in [-0.2, -0.15) is 0 Å². The van der Waals surface area contributed by atoms with Gasteiger partial charge in [-0.3, -0.25) is 9.78 Å². The number of likely N-dealkylation sites (tertiary alicyclic amines) is 2. The van der Waals surface area contributed by atoms with Gasteiger partial charge in [-0.1, -0.05) is 13.8 Å². The molecule has 126 valence electrons. The third-order valence-corrected chi connectivity index (χ3v) is 5.40. The molecule has 2 aliphatic heterocycles. The van der Waals surface area contributed by atoms with Crippen molar-refractivity contribution < 1.29 is 4.79 Å². The van der Waals surface area contributed by atoms with Gasteiger partial charge in [-0.05, 0) is 55.7 Å². The van der Waals surface area contributed by atoms with Gasteiger partial charge in [0, 0.05) is 44.1 Å². The first-order valence-corrected chi connectivity index (χ1v) is 9.00. The molecule has 1 aromatic rings. The van der Waals surface area contributed by atoms with Gasteiger partial charge in [0.25, 0.3) is 5.91 Å². The number of rotatable bonds is 3. The van der Waals surface area contributed by atoms with E-state index in [-0.39, 0.29) is 5.91 Å². The lowest BCUT2D eigenvalue weighted by atomic mass is 9.72. The first-order chi connectivity index (χ1) is 11.1. The van der Waals surface area contributed by atoms with Gasteiger partial charge < -0.3 is 9.80 Å². The molecular formula is C19H29N3O. The Balaban J connectivity index is 1.58. The first kappa shape index (κ1) is 16.4. The number of carbonyl (C=O) groups excluding carboxylic acids is 1. The molecule has 0 bridgehead atoms. The summed E-state index contributed by atoms with van der Waals surface area (Å²) in [4.78, 5) is 21.2. The van der Waals surface area contributed by atoms with Gasteiger partial charge in [0.1, 0.15) is 0 Å². The summed E-state index contributed by atoms with van der Waals surface area (Å²) in [5.41, 5.74) is 1.21. The Kier molecular flexibility index (Phi) is 5.00. The van der Waals surface area contributed by atoms with Crippen LogP contribution in [0, 0.1) is 11.3 Å². The number of amides is 1. The van der Waals surface area contributed by atoms with Gasteiger partial charge in [0.2, 0.25) is 0 Å². The summed E-state index contributed by atoms with van der Waals surface area (Å²) < 4.78 is 0. The molecule has 1 aromatic heterocycles. The molecule has 3 rings (SSSR count). The summed E-state index contributed by atoms with van der Waals surface area (Å²) in [5.74, 6) is 0.899. The van der Waals surface area contributed by atoms with Gasteiger partial charge in [0.05, 0.1) is 0 Å². The molecule has 2 saturated heterocycles. The minimum absolute atomic E-state index is 0.164. The first-order valence-electron chi connectivity index (χ1n) is 9.00. The number of nitrogens with zero attached hydrogens (tertiary/aromatic N) is 3. The Labute approximate surface area is 139 Å². The van der Waals surface area contributed by atoms with Crippen LogP contribution in [-0.2, 0) is 0 Å². The van der Waals surface area contributed by atoms with Gasteiger partial charge in [0.15, 0.2) is 0 Å². The number of hydrogen-bond donors (Lipinski definition) is 0. The summed E-state index contributed by atoms with van der Waals surface area (Å²) in [6.45, 7) is 10.1. The Morgan fingerprint density at radius 3 is 2.52 bits per heavy atom. The quantitative estimate of drug-likeness (QED) is 0.860. The van der Waals surface area contributed by atoms with Crippen LogP contribution in [0.15, 0.2) is 24.5 Å². The Morgan fingerprint density at radius 1 is 1.17 bits per heavy atom. The largest absolute Gasteiger partial charge is 0.339 e. The second-order valence-electron chi connectivity index (χ2n) is 7.76. The average Bonchev–Trinajstić information content (AvgIpc) is 2.55. The molecule has 1 amide bonds. The predicted octanol–water partition coefficient (Wildman–Crippen LogP) is 3.06. The van der Waals surface area contributed by atoms with Crippen molar-refractivity contribution in [3.05, 3.63) is 30.1 Å². The Morgan fingerprint density at radius 2 is 1.87 bits per heavy atom. The fourth-order valence-electron chi connectivity index (χ4n) is 4.25. The molecule has 0 atom stereocenters. The van der Waals surface area contributed by atoms with Crippen molar-refractivity contribution >= 4 is 5.91 Å². The maximum Gasteiger partial charge on any atom is 0.253 e. The molecular weight excluding hydrogens is 286 g/mol. The smallest absolute Gasteiger partial charge is 0.253 e. The fourth-order valence-corrected chi connectivity index (χ4v) is 4.25. The normalized spacial score (nSPS) is 21.8. The van der Waals surface area contributed by atoms with E-state index in [4.69, 9.17) is 0 Å². The minimum Gasteiger partial charge on any atom is -0.339 e. The van der Waals surface area contributed by atoms with Crippen LogP contribution < -0.4 is 0 Å². The monoisotopic (exact) mass is 315 g/mol.